The standard InChI is InChI=1S/C19H19ClO3/c1-4-23-19(22)17(14-8-5-12(2)6-9-14)18(21)15-10-7-13(3)11-16(15)20/h5-11,17H,4H2,1-3H3. The van der Waals surface area contributed by atoms with Crippen molar-refractivity contribution in [3.8, 4) is 0 Å². The van der Waals surface area contributed by atoms with Crippen molar-refractivity contribution >= 4 is 23.4 Å². The van der Waals surface area contributed by atoms with Crippen LogP contribution < -0.4 is 0 Å². The normalized spacial score (nSPS) is 11.8. The highest BCUT2D eigenvalue weighted by Gasteiger charge is 2.31. The number of esters is 1. The zero-order chi connectivity index (χ0) is 17.0. The fraction of sp³-hybridized carbons (Fsp3) is 0.263. The average Bonchev–Trinajstić information content (AvgIpc) is 2.49. The van der Waals surface area contributed by atoms with E-state index in [1.54, 1.807) is 37.3 Å². The summed E-state index contributed by atoms with van der Waals surface area (Å²) in [5.41, 5.74) is 2.94. The van der Waals surface area contributed by atoms with Gasteiger partial charge in [0.1, 0.15) is 5.92 Å². The van der Waals surface area contributed by atoms with Crippen LogP contribution in [0.1, 0.15) is 39.9 Å². The Hall–Kier alpha value is -2.13. The third-order valence-corrected chi connectivity index (χ3v) is 3.90. The van der Waals surface area contributed by atoms with Crippen LogP contribution >= 0.6 is 11.6 Å². The number of ether oxygens (including phenoxy) is 1. The van der Waals surface area contributed by atoms with Crippen molar-refractivity contribution in [3.63, 3.8) is 0 Å². The number of carbonyl (C=O) groups is 2. The molecule has 0 saturated heterocycles. The van der Waals surface area contributed by atoms with E-state index in [2.05, 4.69) is 0 Å². The maximum atomic E-state index is 12.9. The number of hydrogen-bond donors (Lipinski definition) is 0. The highest BCUT2D eigenvalue weighted by atomic mass is 35.5. The summed E-state index contributed by atoms with van der Waals surface area (Å²) in [4.78, 5) is 25.2. The smallest absolute Gasteiger partial charge is 0.321 e. The molecule has 0 heterocycles. The fourth-order valence-electron chi connectivity index (χ4n) is 2.35. The number of ketones is 1. The molecule has 0 N–H and O–H groups in total. The van der Waals surface area contributed by atoms with E-state index in [4.69, 9.17) is 16.3 Å². The Labute approximate surface area is 141 Å². The molecule has 4 heteroatoms. The molecule has 0 fully saturated rings. The number of Topliss-reactive ketones (excluding diaryl/α,β-unsaturated/α-hetero) is 1. The predicted molar refractivity (Wildman–Crippen MR) is 91.1 cm³/mol. The number of halogens is 1. The van der Waals surface area contributed by atoms with Gasteiger partial charge in [0.25, 0.3) is 0 Å². The van der Waals surface area contributed by atoms with Gasteiger partial charge in [-0.25, -0.2) is 0 Å². The van der Waals surface area contributed by atoms with E-state index in [-0.39, 0.29) is 12.4 Å². The van der Waals surface area contributed by atoms with Gasteiger partial charge < -0.3 is 4.74 Å². The maximum Gasteiger partial charge on any atom is 0.321 e. The molecular formula is C19H19ClO3. The van der Waals surface area contributed by atoms with E-state index in [1.807, 2.05) is 26.0 Å². The first kappa shape index (κ1) is 17.2. The van der Waals surface area contributed by atoms with Gasteiger partial charge in [-0.3, -0.25) is 9.59 Å². The Morgan fingerprint density at radius 2 is 1.65 bits per heavy atom. The molecule has 0 spiro atoms. The zero-order valence-electron chi connectivity index (χ0n) is 13.4. The minimum Gasteiger partial charge on any atom is -0.465 e. The Morgan fingerprint density at radius 3 is 2.22 bits per heavy atom. The van der Waals surface area contributed by atoms with Crippen LogP contribution in [0.5, 0.6) is 0 Å². The van der Waals surface area contributed by atoms with Gasteiger partial charge in [-0.2, -0.15) is 0 Å². The molecule has 0 aliphatic carbocycles. The fourth-order valence-corrected chi connectivity index (χ4v) is 2.68. The summed E-state index contributed by atoms with van der Waals surface area (Å²) in [5, 5.41) is 0.344. The number of benzene rings is 2. The Bertz CT molecular complexity index is 720. The van der Waals surface area contributed by atoms with E-state index in [0.29, 0.717) is 16.1 Å². The molecule has 0 aliphatic rings. The van der Waals surface area contributed by atoms with Gasteiger partial charge in [-0.1, -0.05) is 47.5 Å². The zero-order valence-corrected chi connectivity index (χ0v) is 14.2. The number of rotatable bonds is 5. The summed E-state index contributed by atoms with van der Waals surface area (Å²) in [6, 6.07) is 12.5. The monoisotopic (exact) mass is 330 g/mol. The van der Waals surface area contributed by atoms with Gasteiger partial charge >= 0.3 is 5.97 Å². The first-order valence-electron chi connectivity index (χ1n) is 7.47. The van der Waals surface area contributed by atoms with Crippen LogP contribution in [-0.2, 0) is 9.53 Å². The first-order chi connectivity index (χ1) is 10.9. The number of hydrogen-bond acceptors (Lipinski definition) is 3. The molecule has 2 aromatic rings. The molecule has 0 saturated carbocycles. The van der Waals surface area contributed by atoms with Crippen LogP contribution in [-0.4, -0.2) is 18.4 Å². The van der Waals surface area contributed by atoms with Crippen molar-refractivity contribution in [3.05, 3.63) is 69.7 Å². The van der Waals surface area contributed by atoms with Crippen molar-refractivity contribution in [2.24, 2.45) is 0 Å². The molecule has 0 amide bonds. The average molecular weight is 331 g/mol. The van der Waals surface area contributed by atoms with Crippen molar-refractivity contribution in [1.82, 2.24) is 0 Å². The van der Waals surface area contributed by atoms with Gasteiger partial charge in [0.15, 0.2) is 5.78 Å². The topological polar surface area (TPSA) is 43.4 Å². The SMILES string of the molecule is CCOC(=O)C(C(=O)c1ccc(C)cc1Cl)c1ccc(C)cc1. The number of carbonyl (C=O) groups excluding carboxylic acids is 2. The Balaban J connectivity index is 2.46. The van der Waals surface area contributed by atoms with Crippen molar-refractivity contribution in [2.45, 2.75) is 26.7 Å². The molecule has 2 rings (SSSR count). The summed E-state index contributed by atoms with van der Waals surface area (Å²) >= 11 is 6.19. The lowest BCUT2D eigenvalue weighted by molar-refractivity contribution is -0.143. The summed E-state index contributed by atoms with van der Waals surface area (Å²) in [5.74, 6) is -1.91. The molecule has 1 unspecified atom stereocenters. The van der Waals surface area contributed by atoms with Crippen LogP contribution in [0, 0.1) is 13.8 Å². The van der Waals surface area contributed by atoms with E-state index >= 15 is 0 Å². The van der Waals surface area contributed by atoms with Gasteiger partial charge in [-0.05, 0) is 44.0 Å². The molecule has 2 aromatic carbocycles. The van der Waals surface area contributed by atoms with Crippen molar-refractivity contribution < 1.29 is 14.3 Å². The minimum absolute atomic E-state index is 0.218. The molecular weight excluding hydrogens is 312 g/mol. The second-order valence-corrected chi connectivity index (χ2v) is 5.85. The highest BCUT2D eigenvalue weighted by molar-refractivity contribution is 6.35. The van der Waals surface area contributed by atoms with Crippen LogP contribution in [0.25, 0.3) is 0 Å². The van der Waals surface area contributed by atoms with Gasteiger partial charge in [0.2, 0.25) is 0 Å². The molecule has 0 aliphatic heterocycles. The second-order valence-electron chi connectivity index (χ2n) is 5.44. The minimum atomic E-state index is -1.00. The molecule has 1 atom stereocenters. The second kappa shape index (κ2) is 7.42. The lowest BCUT2D eigenvalue weighted by atomic mass is 9.90. The van der Waals surface area contributed by atoms with Crippen molar-refractivity contribution in [2.75, 3.05) is 6.61 Å². The quantitative estimate of drug-likeness (QED) is 0.461. The molecule has 120 valence electrons. The van der Waals surface area contributed by atoms with E-state index in [0.717, 1.165) is 11.1 Å². The molecule has 0 radical (unpaired) electrons. The van der Waals surface area contributed by atoms with Crippen LogP contribution in [0.15, 0.2) is 42.5 Å². The first-order valence-corrected chi connectivity index (χ1v) is 7.85. The van der Waals surface area contributed by atoms with Gasteiger partial charge in [0, 0.05) is 5.56 Å². The maximum absolute atomic E-state index is 12.9. The van der Waals surface area contributed by atoms with E-state index in [9.17, 15) is 9.59 Å². The molecule has 3 nitrogen and oxygen atoms in total. The van der Waals surface area contributed by atoms with Crippen LogP contribution in [0.4, 0.5) is 0 Å². The van der Waals surface area contributed by atoms with Crippen LogP contribution in [0.2, 0.25) is 5.02 Å². The van der Waals surface area contributed by atoms with Crippen molar-refractivity contribution in [1.29, 1.82) is 0 Å². The lowest BCUT2D eigenvalue weighted by Crippen LogP contribution is -2.24. The third kappa shape index (κ3) is 3.99. The molecule has 0 bridgehead atoms. The largest absolute Gasteiger partial charge is 0.465 e. The van der Waals surface area contributed by atoms with Crippen LogP contribution in [0.3, 0.4) is 0 Å². The van der Waals surface area contributed by atoms with Gasteiger partial charge in [-0.15, -0.1) is 0 Å². The summed E-state index contributed by atoms with van der Waals surface area (Å²) < 4.78 is 5.09. The summed E-state index contributed by atoms with van der Waals surface area (Å²) in [6.07, 6.45) is 0. The highest BCUT2D eigenvalue weighted by Crippen LogP contribution is 2.27. The Morgan fingerprint density at radius 1 is 1.04 bits per heavy atom. The summed E-state index contributed by atoms with van der Waals surface area (Å²) in [6.45, 7) is 5.77. The molecule has 0 aromatic heterocycles. The van der Waals surface area contributed by atoms with E-state index in [1.165, 1.54) is 0 Å². The van der Waals surface area contributed by atoms with E-state index < -0.39 is 11.9 Å². The lowest BCUT2D eigenvalue weighted by Gasteiger charge is -2.16. The Kier molecular flexibility index (Phi) is 5.56. The third-order valence-electron chi connectivity index (χ3n) is 3.59. The summed E-state index contributed by atoms with van der Waals surface area (Å²) in [7, 11) is 0. The predicted octanol–water partition coefficient (Wildman–Crippen LogP) is 4.49. The molecule has 23 heavy (non-hydrogen) atoms. The number of aryl methyl sites for hydroxylation is 2. The van der Waals surface area contributed by atoms with Gasteiger partial charge in [0.05, 0.1) is 11.6 Å².